The fourth-order valence-corrected chi connectivity index (χ4v) is 2.63. The number of hydrogen-bond donors (Lipinski definition) is 1. The molecule has 0 spiro atoms. The van der Waals surface area contributed by atoms with Crippen LogP contribution < -0.4 is 0 Å². The molecule has 2 aromatic heterocycles. The number of carboxylic acids is 1. The Kier molecular flexibility index (Phi) is 3.70. The highest BCUT2D eigenvalue weighted by atomic mass is 32.2. The lowest BCUT2D eigenvalue weighted by Crippen LogP contribution is -1.97. The van der Waals surface area contributed by atoms with Crippen LogP contribution in [-0.4, -0.2) is 26.8 Å². The summed E-state index contributed by atoms with van der Waals surface area (Å²) in [5.74, 6) is -1.31. The summed E-state index contributed by atoms with van der Waals surface area (Å²) < 4.78 is 13.3. The van der Waals surface area contributed by atoms with Gasteiger partial charge in [-0.15, -0.1) is 11.3 Å². The number of halogens is 1. The zero-order valence-electron chi connectivity index (χ0n) is 8.46. The molecule has 0 aliphatic rings. The van der Waals surface area contributed by atoms with Crippen molar-refractivity contribution in [2.24, 2.45) is 0 Å². The molecule has 0 amide bonds. The highest BCUT2D eigenvalue weighted by Gasteiger charge is 2.07. The Morgan fingerprint density at radius 1 is 1.47 bits per heavy atom. The van der Waals surface area contributed by atoms with E-state index in [0.29, 0.717) is 15.7 Å². The maximum absolute atomic E-state index is 12.7. The molecule has 0 saturated heterocycles. The van der Waals surface area contributed by atoms with Crippen molar-refractivity contribution in [3.8, 4) is 11.4 Å². The first kappa shape index (κ1) is 12.0. The van der Waals surface area contributed by atoms with Gasteiger partial charge in [-0.3, -0.25) is 9.78 Å². The number of thiazole rings is 1. The van der Waals surface area contributed by atoms with E-state index in [0.717, 1.165) is 18.0 Å². The van der Waals surface area contributed by atoms with Crippen LogP contribution in [0.5, 0.6) is 0 Å². The Bertz CT molecular complexity index is 527. The van der Waals surface area contributed by atoms with Gasteiger partial charge in [-0.2, -0.15) is 0 Å². The molecular weight excluding hydrogens is 263 g/mol. The van der Waals surface area contributed by atoms with Crippen molar-refractivity contribution in [3.63, 3.8) is 0 Å². The zero-order chi connectivity index (χ0) is 12.3. The van der Waals surface area contributed by atoms with E-state index in [9.17, 15) is 9.18 Å². The smallest absolute Gasteiger partial charge is 0.313 e. The number of thioether (sulfide) groups is 1. The van der Waals surface area contributed by atoms with Crippen LogP contribution in [0.15, 0.2) is 28.0 Å². The van der Waals surface area contributed by atoms with Gasteiger partial charge in [0.2, 0.25) is 0 Å². The van der Waals surface area contributed by atoms with Crippen LogP contribution in [-0.2, 0) is 4.79 Å². The minimum atomic E-state index is -0.883. The number of carboxylic acid groups (broad SMARTS) is 1. The van der Waals surface area contributed by atoms with Crippen LogP contribution in [0.4, 0.5) is 4.39 Å². The maximum atomic E-state index is 12.7. The summed E-state index contributed by atoms with van der Waals surface area (Å²) >= 11 is 2.50. The second-order valence-corrected chi connectivity index (χ2v) is 5.12. The fraction of sp³-hybridized carbons (Fsp3) is 0.100. The van der Waals surface area contributed by atoms with E-state index >= 15 is 0 Å². The molecule has 2 heterocycles. The van der Waals surface area contributed by atoms with Crippen LogP contribution in [0.1, 0.15) is 0 Å². The largest absolute Gasteiger partial charge is 0.481 e. The Labute approximate surface area is 105 Å². The van der Waals surface area contributed by atoms with Gasteiger partial charge in [0.05, 0.1) is 17.6 Å². The highest BCUT2D eigenvalue weighted by Crippen LogP contribution is 2.27. The van der Waals surface area contributed by atoms with Crippen molar-refractivity contribution in [2.75, 3.05) is 5.75 Å². The topological polar surface area (TPSA) is 63.1 Å². The van der Waals surface area contributed by atoms with E-state index in [2.05, 4.69) is 9.97 Å². The van der Waals surface area contributed by atoms with Crippen molar-refractivity contribution < 1.29 is 14.3 Å². The van der Waals surface area contributed by atoms with Crippen molar-refractivity contribution in [2.45, 2.75) is 4.34 Å². The highest BCUT2D eigenvalue weighted by molar-refractivity contribution is 8.01. The first-order valence-corrected chi connectivity index (χ1v) is 6.44. The molecular formula is C10H7FN2O2S2. The van der Waals surface area contributed by atoms with Crippen LogP contribution in [0.3, 0.4) is 0 Å². The van der Waals surface area contributed by atoms with Crippen molar-refractivity contribution in [1.29, 1.82) is 0 Å². The van der Waals surface area contributed by atoms with Crippen LogP contribution in [0, 0.1) is 5.82 Å². The molecule has 7 heteroatoms. The Morgan fingerprint density at radius 3 is 2.94 bits per heavy atom. The van der Waals surface area contributed by atoms with E-state index in [1.165, 1.54) is 23.5 Å². The number of aromatic nitrogens is 2. The van der Waals surface area contributed by atoms with Gasteiger partial charge < -0.3 is 5.11 Å². The number of rotatable bonds is 4. The van der Waals surface area contributed by atoms with Crippen molar-refractivity contribution in [1.82, 2.24) is 9.97 Å². The molecule has 0 bridgehead atoms. The molecule has 0 radical (unpaired) electrons. The minimum absolute atomic E-state index is 0.0240. The van der Waals surface area contributed by atoms with Gasteiger partial charge in [-0.1, -0.05) is 11.8 Å². The standard InChI is InChI=1S/C10H7FN2O2S2/c11-6-1-2-7(12-3-6)8-4-16-10(13-8)17-5-9(14)15/h1-4H,5H2,(H,14,15). The minimum Gasteiger partial charge on any atom is -0.481 e. The predicted molar refractivity (Wildman–Crippen MR) is 63.7 cm³/mol. The SMILES string of the molecule is O=C(O)CSc1nc(-c2ccc(F)cn2)cs1. The first-order valence-electron chi connectivity index (χ1n) is 4.57. The Morgan fingerprint density at radius 2 is 2.29 bits per heavy atom. The number of carbonyl (C=O) groups is 1. The summed E-state index contributed by atoms with van der Waals surface area (Å²) in [6.07, 6.45) is 1.12. The Balaban J connectivity index is 2.12. The summed E-state index contributed by atoms with van der Waals surface area (Å²) in [5, 5.41) is 10.3. The zero-order valence-corrected chi connectivity index (χ0v) is 10.1. The molecule has 0 saturated carbocycles. The van der Waals surface area contributed by atoms with E-state index in [1.807, 2.05) is 0 Å². The molecule has 88 valence electrons. The normalized spacial score (nSPS) is 10.4. The van der Waals surface area contributed by atoms with Gasteiger partial charge in [-0.05, 0) is 12.1 Å². The van der Waals surface area contributed by atoms with E-state index < -0.39 is 11.8 Å². The molecule has 0 unspecified atom stereocenters. The summed E-state index contributed by atoms with van der Waals surface area (Å²) in [4.78, 5) is 18.5. The van der Waals surface area contributed by atoms with E-state index in [1.54, 1.807) is 5.38 Å². The monoisotopic (exact) mass is 270 g/mol. The van der Waals surface area contributed by atoms with Crippen molar-refractivity contribution >= 4 is 29.1 Å². The van der Waals surface area contributed by atoms with Crippen molar-refractivity contribution in [3.05, 3.63) is 29.5 Å². The second-order valence-electron chi connectivity index (χ2n) is 3.04. The molecule has 1 N–H and O–H groups in total. The van der Waals surface area contributed by atoms with E-state index in [4.69, 9.17) is 5.11 Å². The Hall–Kier alpha value is -1.47. The molecule has 0 aromatic carbocycles. The lowest BCUT2D eigenvalue weighted by molar-refractivity contribution is -0.133. The quantitative estimate of drug-likeness (QED) is 0.865. The predicted octanol–water partition coefficient (Wildman–Crippen LogP) is 2.52. The maximum Gasteiger partial charge on any atom is 0.313 e. The summed E-state index contributed by atoms with van der Waals surface area (Å²) in [5.41, 5.74) is 1.20. The molecule has 2 rings (SSSR count). The average molecular weight is 270 g/mol. The molecule has 0 fully saturated rings. The third kappa shape index (κ3) is 3.24. The fourth-order valence-electron chi connectivity index (χ4n) is 1.09. The number of pyridine rings is 1. The van der Waals surface area contributed by atoms with Gasteiger partial charge in [0.15, 0.2) is 4.34 Å². The molecule has 0 aliphatic carbocycles. The number of aliphatic carboxylic acids is 1. The van der Waals surface area contributed by atoms with Crippen LogP contribution in [0.2, 0.25) is 0 Å². The lowest BCUT2D eigenvalue weighted by Gasteiger charge is -1.94. The van der Waals surface area contributed by atoms with Crippen LogP contribution in [0.25, 0.3) is 11.4 Å². The van der Waals surface area contributed by atoms with Gasteiger partial charge in [0, 0.05) is 5.38 Å². The van der Waals surface area contributed by atoms with E-state index in [-0.39, 0.29) is 5.75 Å². The van der Waals surface area contributed by atoms with Gasteiger partial charge in [-0.25, -0.2) is 9.37 Å². The van der Waals surface area contributed by atoms with Gasteiger partial charge in [0.1, 0.15) is 11.5 Å². The third-order valence-electron chi connectivity index (χ3n) is 1.79. The van der Waals surface area contributed by atoms with Gasteiger partial charge in [0.25, 0.3) is 0 Å². The number of hydrogen-bond acceptors (Lipinski definition) is 5. The molecule has 17 heavy (non-hydrogen) atoms. The summed E-state index contributed by atoms with van der Waals surface area (Å²) in [6.45, 7) is 0. The first-order chi connectivity index (χ1) is 8.15. The molecule has 0 aliphatic heterocycles. The summed E-state index contributed by atoms with van der Waals surface area (Å²) in [6, 6.07) is 2.85. The second kappa shape index (κ2) is 5.24. The average Bonchev–Trinajstić information content (AvgIpc) is 2.76. The molecule has 4 nitrogen and oxygen atoms in total. The molecule has 0 atom stereocenters. The lowest BCUT2D eigenvalue weighted by atomic mass is 10.3. The van der Waals surface area contributed by atoms with Gasteiger partial charge >= 0.3 is 5.97 Å². The summed E-state index contributed by atoms with van der Waals surface area (Å²) in [7, 11) is 0. The third-order valence-corrected chi connectivity index (χ3v) is 3.80. The van der Waals surface area contributed by atoms with Crippen LogP contribution >= 0.6 is 23.1 Å². The number of nitrogens with zero attached hydrogens (tertiary/aromatic N) is 2. The molecule has 2 aromatic rings.